The van der Waals surface area contributed by atoms with E-state index in [9.17, 15) is 31.6 Å². The fourth-order valence-electron chi connectivity index (χ4n) is 4.91. The smallest absolute Gasteiger partial charge is 0.327 e. The van der Waals surface area contributed by atoms with E-state index < -0.39 is 23.5 Å². The summed E-state index contributed by atoms with van der Waals surface area (Å²) in [7, 11) is 0. The molecule has 3 aromatic rings. The highest BCUT2D eigenvalue weighted by atomic mass is 19.4. The Hall–Kier alpha value is -3.54. The topological polar surface area (TPSA) is 41.6 Å². The summed E-state index contributed by atoms with van der Waals surface area (Å²) in [6.07, 6.45) is 1.33. The van der Waals surface area contributed by atoms with E-state index >= 15 is 0 Å². The normalized spacial score (nSPS) is 15.6. The van der Waals surface area contributed by atoms with Gasteiger partial charge in [0.15, 0.2) is 0 Å². The fraction of sp³-hybridized carbons (Fsp3) is 0.357. The van der Waals surface area contributed by atoms with Crippen LogP contribution in [0.25, 0.3) is 17.1 Å². The zero-order valence-corrected chi connectivity index (χ0v) is 20.0. The zero-order valence-electron chi connectivity index (χ0n) is 20.0. The molecule has 0 N–H and O–H groups in total. The first-order chi connectivity index (χ1) is 17.5. The summed E-state index contributed by atoms with van der Waals surface area (Å²) in [5.74, 6) is 0.477. The summed E-state index contributed by atoms with van der Waals surface area (Å²) in [5.41, 5.74) is -0.816. The Morgan fingerprint density at radius 3 is 2.30 bits per heavy atom. The third-order valence-electron chi connectivity index (χ3n) is 6.73. The van der Waals surface area contributed by atoms with Crippen molar-refractivity contribution in [1.29, 1.82) is 5.26 Å². The highest BCUT2D eigenvalue weighted by molar-refractivity contribution is 5.88. The van der Waals surface area contributed by atoms with Crippen molar-refractivity contribution in [3.63, 3.8) is 0 Å². The Morgan fingerprint density at radius 2 is 1.70 bits per heavy atom. The Kier molecular flexibility index (Phi) is 7.49. The maximum atomic E-state index is 13.3. The maximum absolute atomic E-state index is 13.3. The van der Waals surface area contributed by atoms with Gasteiger partial charge in [-0.3, -0.25) is 0 Å². The molecule has 9 heteroatoms. The number of halogens is 6. The van der Waals surface area contributed by atoms with Crippen LogP contribution >= 0.6 is 0 Å². The van der Waals surface area contributed by atoms with E-state index in [-0.39, 0.29) is 18.2 Å². The van der Waals surface area contributed by atoms with Gasteiger partial charge in [0.2, 0.25) is 0 Å². The Balaban J connectivity index is 1.71. The largest absolute Gasteiger partial charge is 0.416 e. The molecular weight excluding hydrogens is 492 g/mol. The molecule has 0 atom stereocenters. The number of benzene rings is 1. The monoisotopic (exact) mass is 517 g/mol. The van der Waals surface area contributed by atoms with Crippen LogP contribution in [0.1, 0.15) is 60.8 Å². The van der Waals surface area contributed by atoms with Crippen molar-refractivity contribution >= 4 is 17.1 Å². The highest BCUT2D eigenvalue weighted by Gasteiger charge is 2.37. The van der Waals surface area contributed by atoms with Crippen LogP contribution < -0.4 is 0 Å². The second-order valence-electron chi connectivity index (χ2n) is 9.48. The van der Waals surface area contributed by atoms with E-state index in [1.165, 1.54) is 17.2 Å². The van der Waals surface area contributed by atoms with Gasteiger partial charge in [0.1, 0.15) is 5.65 Å². The number of rotatable bonds is 6. The van der Waals surface area contributed by atoms with Crippen LogP contribution in [-0.4, -0.2) is 9.55 Å². The zero-order chi connectivity index (χ0) is 26.8. The third kappa shape index (κ3) is 6.24. The quantitative estimate of drug-likeness (QED) is 0.187. The lowest BCUT2D eigenvalue weighted by Gasteiger charge is -2.22. The summed E-state index contributed by atoms with van der Waals surface area (Å²) < 4.78 is 81.4. The number of hydrogen-bond donors (Lipinski definition) is 0. The molecule has 37 heavy (non-hydrogen) atoms. The summed E-state index contributed by atoms with van der Waals surface area (Å²) in [5, 5.41) is 10.4. The first-order valence-corrected chi connectivity index (χ1v) is 12.0. The lowest BCUT2D eigenvalue weighted by atomic mass is 9.83. The minimum Gasteiger partial charge on any atom is -0.327 e. The van der Waals surface area contributed by atoms with E-state index in [0.29, 0.717) is 52.2 Å². The van der Waals surface area contributed by atoms with Gasteiger partial charge in [0.05, 0.1) is 22.8 Å². The van der Waals surface area contributed by atoms with Gasteiger partial charge in [-0.25, -0.2) is 4.98 Å². The number of allylic oxidation sites excluding steroid dienone is 2. The van der Waals surface area contributed by atoms with Crippen molar-refractivity contribution in [3.8, 4) is 6.07 Å². The molecule has 3 nitrogen and oxygen atoms in total. The van der Waals surface area contributed by atoms with Gasteiger partial charge in [-0.15, -0.1) is 0 Å². The van der Waals surface area contributed by atoms with Gasteiger partial charge in [-0.1, -0.05) is 38.7 Å². The molecule has 1 aliphatic rings. The van der Waals surface area contributed by atoms with Gasteiger partial charge in [0.25, 0.3) is 0 Å². The Bertz CT molecular complexity index is 1330. The van der Waals surface area contributed by atoms with E-state index in [2.05, 4.69) is 17.6 Å². The standard InChI is InChI=1S/C28H25F6N3/c1-18(10-19-6-3-2-4-7-19)21(15-35)13-22-17-37(26-25(22)8-5-9-36-26)16-20-11-23(27(29,30)31)14-24(12-20)28(32,33)34/h5,8-9,11-14,17,19H,1-4,6-7,10,16H2/b21-13+. The second-order valence-corrected chi connectivity index (χ2v) is 9.48. The number of pyridine rings is 1. The van der Waals surface area contributed by atoms with E-state index in [1.807, 2.05) is 0 Å². The van der Waals surface area contributed by atoms with Crippen LogP contribution in [0.4, 0.5) is 26.3 Å². The van der Waals surface area contributed by atoms with Crippen molar-refractivity contribution < 1.29 is 26.3 Å². The van der Waals surface area contributed by atoms with Crippen molar-refractivity contribution in [3.05, 3.63) is 82.7 Å². The van der Waals surface area contributed by atoms with Crippen molar-refractivity contribution in [2.45, 2.75) is 57.4 Å². The van der Waals surface area contributed by atoms with Crippen LogP contribution in [0.15, 0.2) is 60.5 Å². The van der Waals surface area contributed by atoms with Crippen molar-refractivity contribution in [2.24, 2.45) is 5.92 Å². The number of fused-ring (bicyclic) bond motifs is 1. The summed E-state index contributed by atoms with van der Waals surface area (Å²) >= 11 is 0. The van der Waals surface area contributed by atoms with Gasteiger partial charge in [0, 0.05) is 29.9 Å². The molecule has 2 heterocycles. The van der Waals surface area contributed by atoms with Gasteiger partial charge in [-0.2, -0.15) is 31.6 Å². The summed E-state index contributed by atoms with van der Waals surface area (Å²) in [4.78, 5) is 4.30. The molecule has 0 spiro atoms. The molecule has 0 aliphatic heterocycles. The maximum Gasteiger partial charge on any atom is 0.416 e. The molecule has 0 saturated heterocycles. The summed E-state index contributed by atoms with van der Waals surface area (Å²) in [6, 6.07) is 7.16. The number of hydrogen-bond acceptors (Lipinski definition) is 2. The average molecular weight is 518 g/mol. The molecule has 1 saturated carbocycles. The van der Waals surface area contributed by atoms with Crippen molar-refractivity contribution in [1.82, 2.24) is 9.55 Å². The number of alkyl halides is 6. The molecule has 0 unspecified atom stereocenters. The number of aromatic nitrogens is 2. The molecule has 1 aliphatic carbocycles. The van der Waals surface area contributed by atoms with Gasteiger partial charge < -0.3 is 4.57 Å². The van der Waals surface area contributed by atoms with E-state index in [1.54, 1.807) is 24.4 Å². The molecule has 0 radical (unpaired) electrons. The fourth-order valence-corrected chi connectivity index (χ4v) is 4.91. The molecular formula is C28H25F6N3. The highest BCUT2D eigenvalue weighted by Crippen LogP contribution is 2.37. The van der Waals surface area contributed by atoms with Crippen LogP contribution in [0.3, 0.4) is 0 Å². The van der Waals surface area contributed by atoms with Crippen LogP contribution in [0.2, 0.25) is 0 Å². The van der Waals surface area contributed by atoms with Crippen LogP contribution in [0, 0.1) is 17.2 Å². The van der Waals surface area contributed by atoms with Gasteiger partial charge in [-0.05, 0) is 59.9 Å². The minimum absolute atomic E-state index is 0.112. The molecule has 4 rings (SSSR count). The number of nitrogens with zero attached hydrogens (tertiary/aromatic N) is 3. The molecule has 1 aromatic carbocycles. The Morgan fingerprint density at radius 1 is 1.05 bits per heavy atom. The first kappa shape index (κ1) is 26.5. The van der Waals surface area contributed by atoms with Crippen LogP contribution in [-0.2, 0) is 18.9 Å². The van der Waals surface area contributed by atoms with Crippen molar-refractivity contribution in [2.75, 3.05) is 0 Å². The summed E-state index contributed by atoms with van der Waals surface area (Å²) in [6.45, 7) is 3.85. The SMILES string of the molecule is C=C(CC1CCCCC1)/C(C#N)=C/c1cn(Cc2cc(C(F)(F)F)cc(C(F)(F)F)c2)c2ncccc12. The lowest BCUT2D eigenvalue weighted by Crippen LogP contribution is -2.12. The average Bonchev–Trinajstić information content (AvgIpc) is 3.19. The second kappa shape index (κ2) is 10.4. The molecule has 2 aromatic heterocycles. The lowest BCUT2D eigenvalue weighted by molar-refractivity contribution is -0.143. The number of nitriles is 1. The van der Waals surface area contributed by atoms with E-state index in [4.69, 9.17) is 0 Å². The predicted octanol–water partition coefficient (Wildman–Crippen LogP) is 8.56. The molecule has 0 bridgehead atoms. The van der Waals surface area contributed by atoms with Gasteiger partial charge >= 0.3 is 12.4 Å². The molecule has 1 fully saturated rings. The van der Waals surface area contributed by atoms with Crippen LogP contribution in [0.5, 0.6) is 0 Å². The Labute approximate surface area is 210 Å². The van der Waals surface area contributed by atoms with E-state index in [0.717, 1.165) is 25.7 Å². The first-order valence-electron chi connectivity index (χ1n) is 12.0. The predicted molar refractivity (Wildman–Crippen MR) is 129 cm³/mol. The molecule has 194 valence electrons. The molecule has 0 amide bonds. The third-order valence-corrected chi connectivity index (χ3v) is 6.73. The minimum atomic E-state index is -4.93.